The summed E-state index contributed by atoms with van der Waals surface area (Å²) in [5, 5.41) is 11.7. The molecule has 1 aromatic rings. The lowest BCUT2D eigenvalue weighted by Crippen LogP contribution is -2.17. The van der Waals surface area contributed by atoms with Crippen molar-refractivity contribution in [1.82, 2.24) is 9.36 Å². The number of carbonyl (C=O) groups is 1. The van der Waals surface area contributed by atoms with Crippen molar-refractivity contribution in [1.29, 1.82) is 0 Å². The first kappa shape index (κ1) is 12.2. The lowest BCUT2D eigenvalue weighted by molar-refractivity contribution is -0.129. The molecule has 0 aliphatic rings. The summed E-state index contributed by atoms with van der Waals surface area (Å²) in [6.07, 6.45) is -2.74. The van der Waals surface area contributed by atoms with Gasteiger partial charge in [-0.3, -0.25) is 0 Å². The molecule has 0 radical (unpaired) electrons. The van der Waals surface area contributed by atoms with Crippen LogP contribution in [0, 0.1) is 0 Å². The van der Waals surface area contributed by atoms with Gasteiger partial charge in [-0.1, -0.05) is 5.16 Å². The Morgan fingerprint density at radius 1 is 1.69 bits per heavy atom. The van der Waals surface area contributed by atoms with Crippen LogP contribution in [0.15, 0.2) is 5.16 Å². The van der Waals surface area contributed by atoms with Crippen molar-refractivity contribution >= 4 is 28.3 Å². The molecule has 10 heteroatoms. The van der Waals surface area contributed by atoms with Gasteiger partial charge in [-0.25, -0.2) is 13.6 Å². The molecule has 1 heterocycles. The van der Waals surface area contributed by atoms with Crippen LogP contribution in [0.4, 0.5) is 13.9 Å². The van der Waals surface area contributed by atoms with Crippen LogP contribution in [-0.4, -0.2) is 39.2 Å². The number of alkyl halides is 2. The van der Waals surface area contributed by atoms with E-state index in [0.29, 0.717) is 0 Å². The molecule has 16 heavy (non-hydrogen) atoms. The first-order valence-electron chi connectivity index (χ1n) is 3.81. The summed E-state index contributed by atoms with van der Waals surface area (Å²) < 4.78 is 27.0. The van der Waals surface area contributed by atoms with E-state index in [1.165, 1.54) is 0 Å². The molecule has 0 amide bonds. The first-order valence-corrected chi connectivity index (χ1v) is 4.59. The van der Waals surface area contributed by atoms with Crippen molar-refractivity contribution < 1.29 is 23.5 Å². The lowest BCUT2D eigenvalue weighted by atomic mass is 10.4. The summed E-state index contributed by atoms with van der Waals surface area (Å²) in [6.45, 7) is -1.00. The van der Waals surface area contributed by atoms with E-state index in [-0.39, 0.29) is 11.0 Å². The molecule has 1 aromatic heterocycles. The zero-order valence-electron chi connectivity index (χ0n) is 7.63. The minimum absolute atomic E-state index is 0.0396. The minimum Gasteiger partial charge on any atom is -0.476 e. The Morgan fingerprint density at radius 2 is 2.38 bits per heavy atom. The minimum atomic E-state index is -2.74. The average Bonchev–Trinajstić information content (AvgIpc) is 2.58. The number of nitrogen functional groups attached to an aromatic ring is 1. The number of aromatic nitrogens is 2. The highest BCUT2D eigenvalue weighted by Gasteiger charge is 2.19. The second kappa shape index (κ2) is 5.30. The number of carboxylic acids is 1. The van der Waals surface area contributed by atoms with Gasteiger partial charge in [-0.05, 0) is 0 Å². The quantitative estimate of drug-likeness (QED) is 0.571. The summed E-state index contributed by atoms with van der Waals surface area (Å²) >= 11 is 0.759. The maximum Gasteiger partial charge on any atom is 0.362 e. The van der Waals surface area contributed by atoms with E-state index in [1.807, 2.05) is 0 Å². The van der Waals surface area contributed by atoms with Gasteiger partial charge in [-0.2, -0.15) is 9.36 Å². The van der Waals surface area contributed by atoms with Crippen LogP contribution < -0.4 is 5.73 Å². The average molecular weight is 252 g/mol. The Kier molecular flexibility index (Phi) is 4.05. The van der Waals surface area contributed by atoms with Crippen molar-refractivity contribution in [3.8, 4) is 0 Å². The van der Waals surface area contributed by atoms with Crippen LogP contribution in [0.3, 0.4) is 0 Å². The molecule has 0 aliphatic heterocycles. The van der Waals surface area contributed by atoms with Crippen LogP contribution in [-0.2, 0) is 9.63 Å². The fraction of sp³-hybridized carbons (Fsp3) is 0.333. The zero-order valence-corrected chi connectivity index (χ0v) is 8.45. The Morgan fingerprint density at radius 3 is 2.81 bits per heavy atom. The smallest absolute Gasteiger partial charge is 0.362 e. The molecule has 0 fully saturated rings. The molecular weight excluding hydrogens is 246 g/mol. The van der Waals surface area contributed by atoms with Crippen LogP contribution in [0.1, 0.15) is 5.82 Å². The number of aliphatic carboxylic acids is 1. The fourth-order valence-corrected chi connectivity index (χ4v) is 1.10. The van der Waals surface area contributed by atoms with E-state index < -0.39 is 24.7 Å². The molecular formula is C6H6F2N4O3S. The van der Waals surface area contributed by atoms with Gasteiger partial charge in [0.1, 0.15) is 0 Å². The number of hydrogen-bond acceptors (Lipinski definition) is 7. The molecule has 0 unspecified atom stereocenters. The van der Waals surface area contributed by atoms with E-state index >= 15 is 0 Å². The summed E-state index contributed by atoms with van der Waals surface area (Å²) in [7, 11) is 0. The second-order valence-corrected chi connectivity index (χ2v) is 3.17. The van der Waals surface area contributed by atoms with Gasteiger partial charge in [0.05, 0.1) is 0 Å². The molecule has 7 nitrogen and oxygen atoms in total. The highest BCUT2D eigenvalue weighted by molar-refractivity contribution is 7.09. The molecule has 0 spiro atoms. The van der Waals surface area contributed by atoms with Crippen LogP contribution in [0.2, 0.25) is 0 Å². The molecule has 0 bridgehead atoms. The molecule has 0 aliphatic carbocycles. The number of nitrogens with two attached hydrogens (primary N) is 1. The lowest BCUT2D eigenvalue weighted by Gasteiger charge is -1.98. The van der Waals surface area contributed by atoms with Crippen LogP contribution >= 0.6 is 11.5 Å². The topological polar surface area (TPSA) is 111 Å². The predicted molar refractivity (Wildman–Crippen MR) is 50.5 cm³/mol. The largest absolute Gasteiger partial charge is 0.476 e. The molecule has 0 saturated carbocycles. The number of nitrogens with zero attached hydrogens (tertiary/aromatic N) is 3. The van der Waals surface area contributed by atoms with E-state index in [1.54, 1.807) is 0 Å². The maximum absolute atomic E-state index is 11.7. The molecule has 0 aromatic carbocycles. The summed E-state index contributed by atoms with van der Waals surface area (Å²) in [5.41, 5.74) is 4.56. The number of anilines is 1. The third-order valence-electron chi connectivity index (χ3n) is 1.21. The Balaban J connectivity index is 2.79. The van der Waals surface area contributed by atoms with Crippen molar-refractivity contribution in [3.05, 3.63) is 5.82 Å². The first-order chi connectivity index (χ1) is 7.50. The Labute approximate surface area is 91.7 Å². The SMILES string of the molecule is Nc1nc(C(=NOCC(F)F)C(=O)O)ns1. The number of hydrogen-bond donors (Lipinski definition) is 2. The van der Waals surface area contributed by atoms with E-state index in [9.17, 15) is 13.6 Å². The number of halogens is 2. The Bertz CT molecular complexity index is 408. The van der Waals surface area contributed by atoms with Gasteiger partial charge in [0.25, 0.3) is 6.43 Å². The van der Waals surface area contributed by atoms with Gasteiger partial charge in [0, 0.05) is 11.5 Å². The normalized spacial score (nSPS) is 11.8. The zero-order chi connectivity index (χ0) is 12.1. The number of oxime groups is 1. The number of rotatable bonds is 5. The summed E-state index contributed by atoms with van der Waals surface area (Å²) in [4.78, 5) is 18.3. The molecule has 3 N–H and O–H groups in total. The van der Waals surface area contributed by atoms with Gasteiger partial charge >= 0.3 is 5.97 Å². The van der Waals surface area contributed by atoms with Crippen molar-refractivity contribution in [3.63, 3.8) is 0 Å². The van der Waals surface area contributed by atoms with E-state index in [0.717, 1.165) is 11.5 Å². The molecule has 0 saturated heterocycles. The third kappa shape index (κ3) is 3.38. The third-order valence-corrected chi connectivity index (χ3v) is 1.76. The second-order valence-electron chi connectivity index (χ2n) is 2.39. The van der Waals surface area contributed by atoms with E-state index in [4.69, 9.17) is 10.8 Å². The molecule has 0 atom stereocenters. The highest BCUT2D eigenvalue weighted by Crippen LogP contribution is 2.07. The van der Waals surface area contributed by atoms with Gasteiger partial charge in [0.2, 0.25) is 11.5 Å². The van der Waals surface area contributed by atoms with Gasteiger partial charge in [-0.15, -0.1) is 0 Å². The van der Waals surface area contributed by atoms with Gasteiger partial charge < -0.3 is 15.7 Å². The van der Waals surface area contributed by atoms with E-state index in [2.05, 4.69) is 19.4 Å². The maximum atomic E-state index is 11.7. The Hall–Kier alpha value is -1.84. The van der Waals surface area contributed by atoms with Crippen molar-refractivity contribution in [2.45, 2.75) is 6.43 Å². The molecule has 88 valence electrons. The summed E-state index contributed by atoms with van der Waals surface area (Å²) in [6, 6.07) is 0. The summed E-state index contributed by atoms with van der Waals surface area (Å²) in [5.74, 6) is -1.77. The standard InChI is InChI=1S/C6H6F2N4O3S/c7-2(8)1-15-11-3(5(13)14)4-10-6(9)16-12-4/h2H,1H2,(H,13,14)(H2,9,10,12). The van der Waals surface area contributed by atoms with Crippen LogP contribution in [0.5, 0.6) is 0 Å². The van der Waals surface area contributed by atoms with Crippen molar-refractivity contribution in [2.75, 3.05) is 12.3 Å². The monoisotopic (exact) mass is 252 g/mol. The fourth-order valence-electron chi connectivity index (χ4n) is 0.665. The molecule has 1 rings (SSSR count). The predicted octanol–water partition coefficient (Wildman–Crippen LogP) is 0.191. The highest BCUT2D eigenvalue weighted by atomic mass is 32.1. The van der Waals surface area contributed by atoms with Crippen LogP contribution in [0.25, 0.3) is 0 Å². The number of carboxylic acid groups (broad SMARTS) is 1. The van der Waals surface area contributed by atoms with Gasteiger partial charge in [0.15, 0.2) is 11.7 Å². The van der Waals surface area contributed by atoms with Crippen molar-refractivity contribution in [2.24, 2.45) is 5.16 Å².